The molecule has 0 fully saturated rings. The van der Waals surface area contributed by atoms with Crippen molar-refractivity contribution in [3.63, 3.8) is 0 Å². The monoisotopic (exact) mass is 161 g/mol. The van der Waals surface area contributed by atoms with Gasteiger partial charge in [0, 0.05) is 4.91 Å². The van der Waals surface area contributed by atoms with E-state index in [-0.39, 0.29) is 13.0 Å². The van der Waals surface area contributed by atoms with E-state index in [0.29, 0.717) is 0 Å². The summed E-state index contributed by atoms with van der Waals surface area (Å²) in [6, 6.07) is -1.11. The molecule has 0 spiro atoms. The van der Waals surface area contributed by atoms with Crippen molar-refractivity contribution in [2.24, 2.45) is 10.8 Å². The van der Waals surface area contributed by atoms with E-state index in [2.05, 4.69) is 10.0 Å². The summed E-state index contributed by atoms with van der Waals surface area (Å²) in [5.74, 6) is -0.888. The maximum Gasteiger partial charge on any atom is 0.238 e. The molecule has 0 radical (unpaired) electrons. The molecule has 6 nitrogen and oxygen atoms in total. The number of carbonyl (C=O) groups is 1. The number of rotatable bonds is 4. The van der Waals surface area contributed by atoms with Gasteiger partial charge in [-0.25, -0.2) is 0 Å². The molecule has 7 heteroatoms. The normalized spacial score (nSPS) is 11.8. The number of halogens is 1. The van der Waals surface area contributed by atoms with Crippen molar-refractivity contribution in [3.8, 4) is 0 Å². The molecular formula is C4H8FN5O. The van der Waals surface area contributed by atoms with Crippen LogP contribution in [0, 0.1) is 0 Å². The first kappa shape index (κ1) is 9.83. The van der Waals surface area contributed by atoms with Gasteiger partial charge in [-0.1, -0.05) is 0 Å². The number of amides is 1. The summed E-state index contributed by atoms with van der Waals surface area (Å²) in [5, 5.41) is 2.70. The lowest BCUT2D eigenvalue weighted by molar-refractivity contribution is -0.121. The van der Waals surface area contributed by atoms with Crippen LogP contribution in [-0.2, 0) is 4.79 Å². The Morgan fingerprint density at radius 2 is 2.55 bits per heavy atom. The van der Waals surface area contributed by atoms with Crippen molar-refractivity contribution in [1.29, 1.82) is 0 Å². The molecule has 0 bridgehead atoms. The van der Waals surface area contributed by atoms with Crippen molar-refractivity contribution in [1.82, 2.24) is 5.54 Å². The Bertz CT molecular complexity index is 177. The molecule has 0 rings (SSSR count). The third-order valence-electron chi connectivity index (χ3n) is 1.03. The van der Waals surface area contributed by atoms with Crippen LogP contribution in [0.15, 0.2) is 5.11 Å². The minimum atomic E-state index is -1.11. The van der Waals surface area contributed by atoms with E-state index in [1.807, 2.05) is 0 Å². The van der Waals surface area contributed by atoms with Crippen LogP contribution in [0.1, 0.15) is 6.42 Å². The summed E-state index contributed by atoms with van der Waals surface area (Å²) in [6.07, 6.45) is 0.106. The molecule has 11 heavy (non-hydrogen) atoms. The molecule has 0 aromatic rings. The van der Waals surface area contributed by atoms with Gasteiger partial charge >= 0.3 is 0 Å². The van der Waals surface area contributed by atoms with E-state index >= 15 is 0 Å². The lowest BCUT2D eigenvalue weighted by Crippen LogP contribution is -2.32. The van der Waals surface area contributed by atoms with Crippen molar-refractivity contribution in [3.05, 3.63) is 10.4 Å². The molecule has 1 atom stereocenters. The lowest BCUT2D eigenvalue weighted by atomic mass is 10.2. The Balaban J connectivity index is 4.01. The number of nitrogens with zero attached hydrogens (tertiary/aromatic N) is 3. The number of nitrogens with one attached hydrogen (secondary N) is 1. The summed E-state index contributed by atoms with van der Waals surface area (Å²) < 4.78 is 11.7. The fourth-order valence-corrected chi connectivity index (χ4v) is 0.505. The van der Waals surface area contributed by atoms with Gasteiger partial charge in [0.05, 0.1) is 0 Å². The number of hydrogen-bond acceptors (Lipinski definition) is 3. The average molecular weight is 161 g/mol. The molecule has 0 saturated heterocycles. The highest BCUT2D eigenvalue weighted by Gasteiger charge is 2.14. The zero-order valence-electron chi connectivity index (χ0n) is 5.70. The average Bonchev–Trinajstić information content (AvgIpc) is 2.00. The van der Waals surface area contributed by atoms with Gasteiger partial charge < -0.3 is 5.73 Å². The first-order chi connectivity index (χ1) is 5.26. The summed E-state index contributed by atoms with van der Waals surface area (Å²) >= 11 is 0. The van der Waals surface area contributed by atoms with E-state index in [1.165, 1.54) is 5.54 Å². The molecule has 0 aliphatic rings. The molecule has 0 heterocycles. The van der Waals surface area contributed by atoms with Gasteiger partial charge in [0.15, 0.2) is 0 Å². The Hall–Kier alpha value is -1.17. The Labute approximate surface area is 62.1 Å². The molecule has 62 valence electrons. The molecule has 0 unspecified atom stereocenters. The smallest absolute Gasteiger partial charge is 0.238 e. The first-order valence-corrected chi connectivity index (χ1v) is 2.91. The molecular weight excluding hydrogens is 153 g/mol. The van der Waals surface area contributed by atoms with Crippen molar-refractivity contribution in [2.75, 3.05) is 6.54 Å². The summed E-state index contributed by atoms with van der Waals surface area (Å²) in [4.78, 5) is 12.8. The molecule has 0 aliphatic carbocycles. The number of carbonyl (C=O) groups excluding carboxylic acids is 1. The van der Waals surface area contributed by atoms with Gasteiger partial charge in [-0.05, 0) is 23.6 Å². The summed E-state index contributed by atoms with van der Waals surface area (Å²) in [5.41, 5.74) is 14.0. The SMILES string of the molecule is [N-]=[N+]=NC(=O)[C@H](CCN)NF. The standard InChI is InChI=1S/C4H8FN5O/c5-8-3(1-2-6)4(11)9-10-7/h3,8H,1-2,6H2/t3-/m0/s1. The van der Waals surface area contributed by atoms with Crippen LogP contribution in [0.4, 0.5) is 4.48 Å². The summed E-state index contributed by atoms with van der Waals surface area (Å²) in [6.45, 7) is 0.147. The van der Waals surface area contributed by atoms with Crippen LogP contribution >= 0.6 is 0 Å². The molecule has 0 aromatic carbocycles. The zero-order chi connectivity index (χ0) is 8.69. The minimum Gasteiger partial charge on any atom is -0.330 e. The van der Waals surface area contributed by atoms with Crippen LogP contribution in [0.3, 0.4) is 0 Å². The first-order valence-electron chi connectivity index (χ1n) is 2.91. The predicted molar refractivity (Wildman–Crippen MR) is 35.9 cm³/mol. The molecule has 0 saturated carbocycles. The van der Waals surface area contributed by atoms with Crippen LogP contribution in [0.5, 0.6) is 0 Å². The van der Waals surface area contributed by atoms with E-state index < -0.39 is 11.9 Å². The largest absolute Gasteiger partial charge is 0.330 e. The maximum atomic E-state index is 11.7. The molecule has 3 N–H and O–H groups in total. The topological polar surface area (TPSA) is 104 Å². The van der Waals surface area contributed by atoms with Gasteiger partial charge in [0.25, 0.3) is 0 Å². The third kappa shape index (κ3) is 3.51. The summed E-state index contributed by atoms with van der Waals surface area (Å²) in [7, 11) is 0. The van der Waals surface area contributed by atoms with Crippen LogP contribution in [0.2, 0.25) is 0 Å². The van der Waals surface area contributed by atoms with Gasteiger partial charge in [-0.3, -0.25) is 4.79 Å². The maximum absolute atomic E-state index is 11.7. The van der Waals surface area contributed by atoms with Crippen molar-refractivity contribution >= 4 is 5.91 Å². The minimum absolute atomic E-state index is 0.106. The van der Waals surface area contributed by atoms with E-state index in [4.69, 9.17) is 11.3 Å². The van der Waals surface area contributed by atoms with Gasteiger partial charge in [-0.15, -0.1) is 10.0 Å². The highest BCUT2D eigenvalue weighted by atomic mass is 19.2. The van der Waals surface area contributed by atoms with Gasteiger partial charge in [0.2, 0.25) is 5.91 Å². The van der Waals surface area contributed by atoms with Crippen molar-refractivity contribution < 1.29 is 9.28 Å². The number of azide groups is 1. The second-order valence-corrected chi connectivity index (χ2v) is 1.77. The Morgan fingerprint density at radius 1 is 1.91 bits per heavy atom. The van der Waals surface area contributed by atoms with Crippen LogP contribution in [0.25, 0.3) is 10.4 Å². The number of nitrogens with two attached hydrogens (primary N) is 1. The van der Waals surface area contributed by atoms with Crippen molar-refractivity contribution in [2.45, 2.75) is 12.5 Å². The Morgan fingerprint density at radius 3 is 2.91 bits per heavy atom. The highest BCUT2D eigenvalue weighted by Crippen LogP contribution is 1.93. The van der Waals surface area contributed by atoms with Crippen LogP contribution < -0.4 is 11.3 Å². The van der Waals surface area contributed by atoms with Gasteiger partial charge in [0.1, 0.15) is 6.04 Å². The van der Waals surface area contributed by atoms with Crippen LogP contribution in [-0.4, -0.2) is 18.5 Å². The molecule has 1 amide bonds. The fourth-order valence-electron chi connectivity index (χ4n) is 0.505. The molecule has 0 aromatic heterocycles. The lowest BCUT2D eigenvalue weighted by Gasteiger charge is -2.05. The predicted octanol–water partition coefficient (Wildman–Crippen LogP) is 0.0148. The van der Waals surface area contributed by atoms with E-state index in [0.717, 1.165) is 0 Å². The third-order valence-corrected chi connectivity index (χ3v) is 1.03. The second kappa shape index (κ2) is 5.60. The molecule has 0 aliphatic heterocycles. The van der Waals surface area contributed by atoms with E-state index in [1.54, 1.807) is 0 Å². The quantitative estimate of drug-likeness (QED) is 0.262. The van der Waals surface area contributed by atoms with Gasteiger partial charge in [-0.2, -0.15) is 0 Å². The van der Waals surface area contributed by atoms with E-state index in [9.17, 15) is 9.28 Å². The second-order valence-electron chi connectivity index (χ2n) is 1.77. The zero-order valence-corrected chi connectivity index (χ0v) is 5.70. The highest BCUT2D eigenvalue weighted by molar-refractivity contribution is 5.82. The Kier molecular flexibility index (Phi) is 5.01. The fraction of sp³-hybridized carbons (Fsp3) is 0.750. The number of hydrogen-bond donors (Lipinski definition) is 2.